The summed E-state index contributed by atoms with van der Waals surface area (Å²) in [6.45, 7) is 3.90. The second kappa shape index (κ2) is 3.48. The Kier molecular flexibility index (Phi) is 2.69. The summed E-state index contributed by atoms with van der Waals surface area (Å²) in [5, 5.41) is 18.0. The molecule has 1 aliphatic heterocycles. The van der Waals surface area contributed by atoms with Crippen molar-refractivity contribution in [2.24, 2.45) is 5.92 Å². The van der Waals surface area contributed by atoms with E-state index in [0.29, 0.717) is 19.4 Å². The first-order valence-electron chi connectivity index (χ1n) is 4.68. The molecule has 14 heavy (non-hydrogen) atoms. The van der Waals surface area contributed by atoms with Crippen LogP contribution in [0.5, 0.6) is 0 Å². The highest BCUT2D eigenvalue weighted by atomic mass is 16.4. The quantitative estimate of drug-likeness (QED) is 0.704. The third-order valence-corrected chi connectivity index (χ3v) is 2.91. The van der Waals surface area contributed by atoms with Gasteiger partial charge >= 0.3 is 12.1 Å². The van der Waals surface area contributed by atoms with Gasteiger partial charge in [-0.15, -0.1) is 0 Å². The standard InChI is InChI=1S/C9H15NO4/c1-3-9(7(11)12)4-6(2)5-10(9)8(13)14/h6H,3-5H2,1-2H3,(H,11,12)(H,13,14). The molecule has 0 aromatic heterocycles. The molecule has 5 heteroatoms. The molecule has 5 nitrogen and oxygen atoms in total. The second-order valence-electron chi connectivity index (χ2n) is 3.89. The molecule has 1 fully saturated rings. The van der Waals surface area contributed by atoms with Crippen molar-refractivity contribution >= 4 is 12.1 Å². The van der Waals surface area contributed by atoms with Crippen LogP contribution in [0, 0.1) is 5.92 Å². The summed E-state index contributed by atoms with van der Waals surface area (Å²) in [5.41, 5.74) is -1.20. The molecule has 1 aliphatic rings. The van der Waals surface area contributed by atoms with Crippen molar-refractivity contribution in [3.05, 3.63) is 0 Å². The molecule has 2 N–H and O–H groups in total. The topological polar surface area (TPSA) is 77.8 Å². The summed E-state index contributed by atoms with van der Waals surface area (Å²) in [7, 11) is 0. The summed E-state index contributed by atoms with van der Waals surface area (Å²) in [5.74, 6) is -0.922. The van der Waals surface area contributed by atoms with Gasteiger partial charge in [-0.1, -0.05) is 13.8 Å². The molecule has 0 bridgehead atoms. The van der Waals surface area contributed by atoms with Crippen molar-refractivity contribution < 1.29 is 19.8 Å². The lowest BCUT2D eigenvalue weighted by atomic mass is 9.90. The summed E-state index contributed by atoms with van der Waals surface area (Å²) in [6, 6.07) is 0. The largest absolute Gasteiger partial charge is 0.479 e. The molecule has 0 aliphatic carbocycles. The third-order valence-electron chi connectivity index (χ3n) is 2.91. The number of carboxylic acids is 1. The molecule has 0 aromatic rings. The highest BCUT2D eigenvalue weighted by molar-refractivity contribution is 5.84. The number of amides is 1. The Morgan fingerprint density at radius 2 is 2.07 bits per heavy atom. The fourth-order valence-corrected chi connectivity index (χ4v) is 2.19. The van der Waals surface area contributed by atoms with Crippen molar-refractivity contribution in [2.45, 2.75) is 32.2 Å². The third kappa shape index (κ3) is 1.42. The van der Waals surface area contributed by atoms with Gasteiger partial charge in [0.05, 0.1) is 0 Å². The second-order valence-corrected chi connectivity index (χ2v) is 3.89. The van der Waals surface area contributed by atoms with Crippen molar-refractivity contribution in [3.8, 4) is 0 Å². The van der Waals surface area contributed by atoms with Gasteiger partial charge in [0.2, 0.25) is 0 Å². The molecule has 0 aromatic carbocycles. The van der Waals surface area contributed by atoms with Crippen molar-refractivity contribution in [1.29, 1.82) is 0 Å². The highest BCUT2D eigenvalue weighted by Gasteiger charge is 2.51. The fraction of sp³-hybridized carbons (Fsp3) is 0.778. The van der Waals surface area contributed by atoms with E-state index in [1.54, 1.807) is 6.92 Å². The molecule has 1 amide bonds. The number of nitrogens with zero attached hydrogens (tertiary/aromatic N) is 1. The van der Waals surface area contributed by atoms with Crippen molar-refractivity contribution in [1.82, 2.24) is 4.90 Å². The molecule has 1 rings (SSSR count). The van der Waals surface area contributed by atoms with Crippen LogP contribution in [0.2, 0.25) is 0 Å². The monoisotopic (exact) mass is 201 g/mol. The Morgan fingerprint density at radius 3 is 2.36 bits per heavy atom. The molecular formula is C9H15NO4. The first kappa shape index (κ1) is 10.8. The average molecular weight is 201 g/mol. The minimum Gasteiger partial charge on any atom is -0.479 e. The molecule has 1 saturated heterocycles. The predicted octanol–water partition coefficient (Wildman–Crippen LogP) is 1.24. The van der Waals surface area contributed by atoms with Crippen LogP contribution in [0.1, 0.15) is 26.7 Å². The van der Waals surface area contributed by atoms with E-state index in [1.165, 1.54) is 0 Å². The van der Waals surface area contributed by atoms with E-state index in [0.717, 1.165) is 4.90 Å². The highest BCUT2D eigenvalue weighted by Crippen LogP contribution is 2.35. The normalized spacial score (nSPS) is 31.9. The van der Waals surface area contributed by atoms with E-state index >= 15 is 0 Å². The Balaban J connectivity index is 3.03. The van der Waals surface area contributed by atoms with Crippen molar-refractivity contribution in [3.63, 3.8) is 0 Å². The van der Waals surface area contributed by atoms with Crippen LogP contribution < -0.4 is 0 Å². The predicted molar refractivity (Wildman–Crippen MR) is 49.2 cm³/mol. The summed E-state index contributed by atoms with van der Waals surface area (Å²) >= 11 is 0. The molecule has 80 valence electrons. The maximum atomic E-state index is 11.1. The molecule has 1 heterocycles. The lowest BCUT2D eigenvalue weighted by Gasteiger charge is -2.31. The van der Waals surface area contributed by atoms with Crippen LogP contribution in [0.3, 0.4) is 0 Å². The lowest BCUT2D eigenvalue weighted by Crippen LogP contribution is -2.52. The summed E-state index contributed by atoms with van der Waals surface area (Å²) in [6.07, 6.45) is -0.414. The van der Waals surface area contributed by atoms with Gasteiger partial charge in [0, 0.05) is 6.54 Å². The Morgan fingerprint density at radius 1 is 1.50 bits per heavy atom. The van der Waals surface area contributed by atoms with Gasteiger partial charge in [-0.25, -0.2) is 9.59 Å². The van der Waals surface area contributed by atoms with Crippen LogP contribution in [-0.2, 0) is 4.79 Å². The number of rotatable bonds is 2. The van der Waals surface area contributed by atoms with Crippen molar-refractivity contribution in [2.75, 3.05) is 6.54 Å². The zero-order chi connectivity index (χ0) is 10.9. The van der Waals surface area contributed by atoms with E-state index < -0.39 is 17.6 Å². The maximum absolute atomic E-state index is 11.1. The average Bonchev–Trinajstić information content (AvgIpc) is 2.43. The van der Waals surface area contributed by atoms with Crippen LogP contribution in [-0.4, -0.2) is 39.3 Å². The van der Waals surface area contributed by atoms with Gasteiger partial charge < -0.3 is 10.2 Å². The summed E-state index contributed by atoms with van der Waals surface area (Å²) < 4.78 is 0. The van der Waals surface area contributed by atoms with Crippen LogP contribution in [0.4, 0.5) is 4.79 Å². The Hall–Kier alpha value is -1.26. The van der Waals surface area contributed by atoms with Gasteiger partial charge in [-0.05, 0) is 18.8 Å². The zero-order valence-corrected chi connectivity index (χ0v) is 8.36. The number of hydrogen-bond acceptors (Lipinski definition) is 2. The van der Waals surface area contributed by atoms with E-state index in [1.807, 2.05) is 6.92 Å². The number of carbonyl (C=O) groups is 2. The van der Waals surface area contributed by atoms with E-state index in [9.17, 15) is 9.59 Å². The lowest BCUT2D eigenvalue weighted by molar-refractivity contribution is -0.148. The number of likely N-dealkylation sites (tertiary alicyclic amines) is 1. The Bertz CT molecular complexity index is 266. The Labute approximate surface area is 82.3 Å². The van der Waals surface area contributed by atoms with Crippen LogP contribution in [0.25, 0.3) is 0 Å². The summed E-state index contributed by atoms with van der Waals surface area (Å²) in [4.78, 5) is 23.1. The van der Waals surface area contributed by atoms with Gasteiger partial charge in [0.1, 0.15) is 5.54 Å². The first-order valence-corrected chi connectivity index (χ1v) is 4.68. The van der Waals surface area contributed by atoms with Gasteiger partial charge in [0.25, 0.3) is 0 Å². The molecule has 0 spiro atoms. The molecular weight excluding hydrogens is 186 g/mol. The van der Waals surface area contributed by atoms with Gasteiger partial charge in [-0.3, -0.25) is 4.90 Å². The van der Waals surface area contributed by atoms with E-state index in [2.05, 4.69) is 0 Å². The van der Waals surface area contributed by atoms with Crippen LogP contribution in [0.15, 0.2) is 0 Å². The smallest absolute Gasteiger partial charge is 0.408 e. The molecule has 2 atom stereocenters. The molecule has 2 unspecified atom stereocenters. The number of hydrogen-bond donors (Lipinski definition) is 2. The van der Waals surface area contributed by atoms with E-state index in [-0.39, 0.29) is 5.92 Å². The number of carboxylic acid groups (broad SMARTS) is 2. The zero-order valence-electron chi connectivity index (χ0n) is 8.36. The molecule has 0 saturated carbocycles. The first-order chi connectivity index (χ1) is 6.44. The fourth-order valence-electron chi connectivity index (χ4n) is 2.19. The van der Waals surface area contributed by atoms with Gasteiger partial charge in [-0.2, -0.15) is 0 Å². The molecule has 0 radical (unpaired) electrons. The maximum Gasteiger partial charge on any atom is 0.408 e. The van der Waals surface area contributed by atoms with Crippen LogP contribution >= 0.6 is 0 Å². The number of aliphatic carboxylic acids is 1. The van der Waals surface area contributed by atoms with E-state index in [4.69, 9.17) is 10.2 Å². The minimum atomic E-state index is -1.20. The van der Waals surface area contributed by atoms with Gasteiger partial charge in [0.15, 0.2) is 0 Å². The SMILES string of the molecule is CCC1(C(=O)O)CC(C)CN1C(=O)O. The minimum absolute atomic E-state index is 0.113.